The van der Waals surface area contributed by atoms with Crippen molar-refractivity contribution >= 4 is 11.3 Å². The Labute approximate surface area is 93.8 Å². The number of nitrogens with two attached hydrogens (primary N) is 1. The molecule has 2 N–H and O–H groups in total. The Hall–Kier alpha value is -1.19. The van der Waals surface area contributed by atoms with Crippen molar-refractivity contribution in [2.75, 3.05) is 0 Å². The van der Waals surface area contributed by atoms with Crippen molar-refractivity contribution in [2.24, 2.45) is 5.73 Å². The van der Waals surface area contributed by atoms with E-state index < -0.39 is 0 Å². The molecule has 0 aliphatic rings. The Bertz CT molecular complexity index is 474. The maximum absolute atomic E-state index is 5.54. The maximum Gasteiger partial charge on any atom is 0.107 e. The summed E-state index contributed by atoms with van der Waals surface area (Å²) >= 11 is 1.62. The molecular formula is C12H14N2S. The molecule has 0 bridgehead atoms. The van der Waals surface area contributed by atoms with E-state index in [0.29, 0.717) is 6.54 Å². The topological polar surface area (TPSA) is 38.9 Å². The average Bonchev–Trinajstić information content (AvgIpc) is 2.70. The number of nitrogens with zero attached hydrogens (tertiary/aromatic N) is 1. The average molecular weight is 218 g/mol. The van der Waals surface area contributed by atoms with Crippen molar-refractivity contribution in [1.29, 1.82) is 0 Å². The molecule has 0 unspecified atom stereocenters. The van der Waals surface area contributed by atoms with Crippen LogP contribution >= 0.6 is 11.3 Å². The van der Waals surface area contributed by atoms with E-state index in [1.165, 1.54) is 16.7 Å². The molecule has 3 heteroatoms. The second-order valence-electron chi connectivity index (χ2n) is 3.63. The van der Waals surface area contributed by atoms with E-state index in [-0.39, 0.29) is 0 Å². The summed E-state index contributed by atoms with van der Waals surface area (Å²) in [7, 11) is 0. The zero-order valence-electron chi connectivity index (χ0n) is 8.95. The standard InChI is InChI=1S/C12H14N2S/c1-8-3-4-10(5-9(8)2)11-7-15-12(6-13)14-11/h3-5,7H,6,13H2,1-2H3. The number of aromatic nitrogens is 1. The highest BCUT2D eigenvalue weighted by molar-refractivity contribution is 7.09. The first-order valence-electron chi connectivity index (χ1n) is 4.93. The van der Waals surface area contributed by atoms with Gasteiger partial charge in [-0.05, 0) is 31.0 Å². The van der Waals surface area contributed by atoms with Crippen LogP contribution in [-0.2, 0) is 6.54 Å². The molecule has 0 radical (unpaired) electrons. The van der Waals surface area contributed by atoms with E-state index in [9.17, 15) is 0 Å². The summed E-state index contributed by atoms with van der Waals surface area (Å²) in [6.45, 7) is 4.76. The number of benzene rings is 1. The number of hydrogen-bond acceptors (Lipinski definition) is 3. The molecule has 1 heterocycles. The van der Waals surface area contributed by atoms with Crippen molar-refractivity contribution in [3.8, 4) is 11.3 Å². The lowest BCUT2D eigenvalue weighted by Crippen LogP contribution is -1.94. The van der Waals surface area contributed by atoms with Crippen LogP contribution in [0.25, 0.3) is 11.3 Å². The SMILES string of the molecule is Cc1ccc(-c2csc(CN)n2)cc1C. The van der Waals surface area contributed by atoms with Crippen LogP contribution in [0.3, 0.4) is 0 Å². The molecule has 0 amide bonds. The third kappa shape index (κ3) is 2.08. The first-order valence-corrected chi connectivity index (χ1v) is 5.81. The van der Waals surface area contributed by atoms with Gasteiger partial charge in [-0.1, -0.05) is 12.1 Å². The minimum Gasteiger partial charge on any atom is -0.325 e. The first-order chi connectivity index (χ1) is 7.20. The highest BCUT2D eigenvalue weighted by Gasteiger charge is 2.04. The van der Waals surface area contributed by atoms with Crippen LogP contribution in [0.2, 0.25) is 0 Å². The minimum atomic E-state index is 0.523. The second-order valence-corrected chi connectivity index (χ2v) is 4.57. The normalized spacial score (nSPS) is 10.6. The van der Waals surface area contributed by atoms with Crippen LogP contribution in [0.4, 0.5) is 0 Å². The summed E-state index contributed by atoms with van der Waals surface area (Å²) in [5, 5.41) is 3.05. The fourth-order valence-corrected chi connectivity index (χ4v) is 2.12. The minimum absolute atomic E-state index is 0.523. The van der Waals surface area contributed by atoms with Crippen molar-refractivity contribution in [3.63, 3.8) is 0 Å². The zero-order valence-corrected chi connectivity index (χ0v) is 9.77. The molecular weight excluding hydrogens is 204 g/mol. The lowest BCUT2D eigenvalue weighted by Gasteiger charge is -2.02. The monoisotopic (exact) mass is 218 g/mol. The lowest BCUT2D eigenvalue weighted by atomic mass is 10.1. The maximum atomic E-state index is 5.54. The predicted octanol–water partition coefficient (Wildman–Crippen LogP) is 2.89. The van der Waals surface area contributed by atoms with Gasteiger partial charge < -0.3 is 5.73 Å². The third-order valence-corrected chi connectivity index (χ3v) is 3.40. The van der Waals surface area contributed by atoms with Crippen LogP contribution in [0.5, 0.6) is 0 Å². The fourth-order valence-electron chi connectivity index (χ4n) is 1.44. The van der Waals surface area contributed by atoms with Crippen LogP contribution in [0, 0.1) is 13.8 Å². The van der Waals surface area contributed by atoms with Gasteiger partial charge >= 0.3 is 0 Å². The van der Waals surface area contributed by atoms with Gasteiger partial charge in [0.15, 0.2) is 0 Å². The quantitative estimate of drug-likeness (QED) is 0.841. The molecule has 0 saturated heterocycles. The summed E-state index contributed by atoms with van der Waals surface area (Å²) in [5.41, 5.74) is 10.4. The molecule has 1 aromatic carbocycles. The summed E-state index contributed by atoms with van der Waals surface area (Å²) < 4.78 is 0. The highest BCUT2D eigenvalue weighted by atomic mass is 32.1. The molecule has 0 saturated carbocycles. The molecule has 78 valence electrons. The number of rotatable bonds is 2. The van der Waals surface area contributed by atoms with Gasteiger partial charge in [-0.2, -0.15) is 0 Å². The molecule has 2 nitrogen and oxygen atoms in total. The molecule has 15 heavy (non-hydrogen) atoms. The van der Waals surface area contributed by atoms with Gasteiger partial charge in [0.05, 0.1) is 5.69 Å². The van der Waals surface area contributed by atoms with Gasteiger partial charge in [-0.3, -0.25) is 0 Å². The van der Waals surface area contributed by atoms with E-state index in [0.717, 1.165) is 10.7 Å². The third-order valence-electron chi connectivity index (χ3n) is 2.53. The van der Waals surface area contributed by atoms with Gasteiger partial charge in [0.2, 0.25) is 0 Å². The number of thiazole rings is 1. The second kappa shape index (κ2) is 4.13. The predicted molar refractivity (Wildman–Crippen MR) is 64.9 cm³/mol. The fraction of sp³-hybridized carbons (Fsp3) is 0.250. The number of aryl methyl sites for hydroxylation is 2. The zero-order chi connectivity index (χ0) is 10.8. The molecule has 2 aromatic rings. The van der Waals surface area contributed by atoms with Crippen molar-refractivity contribution in [1.82, 2.24) is 4.98 Å². The Morgan fingerprint density at radius 3 is 2.67 bits per heavy atom. The van der Waals surface area contributed by atoms with E-state index in [4.69, 9.17) is 5.73 Å². The first kappa shape index (κ1) is 10.3. The van der Waals surface area contributed by atoms with E-state index >= 15 is 0 Å². The van der Waals surface area contributed by atoms with Crippen molar-refractivity contribution < 1.29 is 0 Å². The van der Waals surface area contributed by atoms with Gasteiger partial charge in [-0.25, -0.2) is 4.98 Å². The Kier molecular flexibility index (Phi) is 2.84. The highest BCUT2D eigenvalue weighted by Crippen LogP contribution is 2.23. The molecule has 0 fully saturated rings. The molecule has 1 aromatic heterocycles. The molecule has 0 aliphatic carbocycles. The van der Waals surface area contributed by atoms with Gasteiger partial charge in [0.25, 0.3) is 0 Å². The number of hydrogen-bond donors (Lipinski definition) is 1. The van der Waals surface area contributed by atoms with Gasteiger partial charge in [0, 0.05) is 17.5 Å². The van der Waals surface area contributed by atoms with Crippen molar-refractivity contribution in [2.45, 2.75) is 20.4 Å². The summed E-state index contributed by atoms with van der Waals surface area (Å²) in [5.74, 6) is 0. The summed E-state index contributed by atoms with van der Waals surface area (Å²) in [4.78, 5) is 4.46. The van der Waals surface area contributed by atoms with Gasteiger partial charge in [-0.15, -0.1) is 11.3 Å². The lowest BCUT2D eigenvalue weighted by molar-refractivity contribution is 1.04. The largest absolute Gasteiger partial charge is 0.325 e. The van der Waals surface area contributed by atoms with Crippen LogP contribution in [0.15, 0.2) is 23.6 Å². The summed E-state index contributed by atoms with van der Waals surface area (Å²) in [6, 6.07) is 6.41. The Morgan fingerprint density at radius 2 is 2.07 bits per heavy atom. The Balaban J connectivity index is 2.40. The van der Waals surface area contributed by atoms with Crippen LogP contribution in [-0.4, -0.2) is 4.98 Å². The molecule has 0 atom stereocenters. The van der Waals surface area contributed by atoms with E-state index in [2.05, 4.69) is 42.4 Å². The summed E-state index contributed by atoms with van der Waals surface area (Å²) in [6.07, 6.45) is 0. The molecule has 0 aliphatic heterocycles. The van der Waals surface area contributed by atoms with E-state index in [1.807, 2.05) is 0 Å². The molecule has 2 rings (SSSR count). The Morgan fingerprint density at radius 1 is 1.27 bits per heavy atom. The smallest absolute Gasteiger partial charge is 0.107 e. The van der Waals surface area contributed by atoms with E-state index in [1.54, 1.807) is 11.3 Å². The van der Waals surface area contributed by atoms with Gasteiger partial charge in [0.1, 0.15) is 5.01 Å². The van der Waals surface area contributed by atoms with Crippen LogP contribution in [0.1, 0.15) is 16.1 Å². The van der Waals surface area contributed by atoms with Crippen molar-refractivity contribution in [3.05, 3.63) is 39.7 Å². The molecule has 0 spiro atoms. The van der Waals surface area contributed by atoms with Crippen LogP contribution < -0.4 is 5.73 Å².